The summed E-state index contributed by atoms with van der Waals surface area (Å²) >= 11 is 0. The standard InChI is InChI=1S/C20H18N2O6/c1-3-28-17-11-12(4-9-16(17)23)10-15-18(24)21-20(26)22(19(15)25)13-5-7-14(27-2)8-6-13/h4-11,23H,3H2,1-2H3,(H,21,24,26). The number of anilines is 1. The zero-order chi connectivity index (χ0) is 20.3. The normalized spacial score (nSPS) is 15.6. The van der Waals surface area contributed by atoms with Gasteiger partial charge in [0.25, 0.3) is 11.8 Å². The summed E-state index contributed by atoms with van der Waals surface area (Å²) in [6.07, 6.45) is 1.34. The van der Waals surface area contributed by atoms with E-state index in [1.807, 2.05) is 0 Å². The van der Waals surface area contributed by atoms with Gasteiger partial charge in [-0.15, -0.1) is 0 Å². The number of phenolic OH excluding ortho intramolecular Hbond substituents is 1. The topological polar surface area (TPSA) is 105 Å². The highest BCUT2D eigenvalue weighted by molar-refractivity contribution is 6.39. The number of carbonyl (C=O) groups excluding carboxylic acids is 3. The molecule has 144 valence electrons. The Labute approximate surface area is 161 Å². The van der Waals surface area contributed by atoms with Crippen molar-refractivity contribution in [2.75, 3.05) is 18.6 Å². The van der Waals surface area contributed by atoms with Crippen molar-refractivity contribution in [2.45, 2.75) is 6.92 Å². The minimum atomic E-state index is -0.835. The summed E-state index contributed by atoms with van der Waals surface area (Å²) in [4.78, 5) is 38.2. The Morgan fingerprint density at radius 1 is 1.11 bits per heavy atom. The monoisotopic (exact) mass is 382 g/mol. The van der Waals surface area contributed by atoms with Crippen LogP contribution in [0.15, 0.2) is 48.0 Å². The lowest BCUT2D eigenvalue weighted by molar-refractivity contribution is -0.122. The second-order valence-electron chi connectivity index (χ2n) is 5.82. The van der Waals surface area contributed by atoms with Crippen LogP contribution in [-0.2, 0) is 9.59 Å². The Bertz CT molecular complexity index is 965. The van der Waals surface area contributed by atoms with Crippen LogP contribution in [0, 0.1) is 0 Å². The van der Waals surface area contributed by atoms with Gasteiger partial charge in [-0.05, 0) is 55.0 Å². The molecular weight excluding hydrogens is 364 g/mol. The highest BCUT2D eigenvalue weighted by Gasteiger charge is 2.36. The Morgan fingerprint density at radius 3 is 2.46 bits per heavy atom. The highest BCUT2D eigenvalue weighted by atomic mass is 16.5. The first-order chi connectivity index (χ1) is 13.4. The predicted octanol–water partition coefficient (Wildman–Crippen LogP) is 2.47. The molecule has 0 aliphatic carbocycles. The van der Waals surface area contributed by atoms with Gasteiger partial charge in [-0.1, -0.05) is 6.07 Å². The van der Waals surface area contributed by atoms with Crippen LogP contribution in [0.5, 0.6) is 17.2 Å². The van der Waals surface area contributed by atoms with Gasteiger partial charge >= 0.3 is 6.03 Å². The van der Waals surface area contributed by atoms with E-state index in [0.29, 0.717) is 23.6 Å². The molecule has 0 aromatic heterocycles. The largest absolute Gasteiger partial charge is 0.504 e. The predicted molar refractivity (Wildman–Crippen MR) is 101 cm³/mol. The Morgan fingerprint density at radius 2 is 1.82 bits per heavy atom. The molecule has 28 heavy (non-hydrogen) atoms. The van der Waals surface area contributed by atoms with Gasteiger partial charge in [0, 0.05) is 0 Å². The van der Waals surface area contributed by atoms with E-state index in [4.69, 9.17) is 9.47 Å². The first-order valence-corrected chi connectivity index (χ1v) is 8.46. The van der Waals surface area contributed by atoms with E-state index in [-0.39, 0.29) is 17.1 Å². The molecule has 0 bridgehead atoms. The van der Waals surface area contributed by atoms with E-state index < -0.39 is 17.8 Å². The summed E-state index contributed by atoms with van der Waals surface area (Å²) in [5.41, 5.74) is 0.537. The van der Waals surface area contributed by atoms with Crippen molar-refractivity contribution >= 4 is 29.6 Å². The SMILES string of the molecule is CCOc1cc(C=C2C(=O)NC(=O)N(c3ccc(OC)cc3)C2=O)ccc1O. The third-order valence-corrected chi connectivity index (χ3v) is 4.03. The second-order valence-corrected chi connectivity index (χ2v) is 5.82. The lowest BCUT2D eigenvalue weighted by Gasteiger charge is -2.26. The van der Waals surface area contributed by atoms with Crippen molar-refractivity contribution in [1.29, 1.82) is 0 Å². The van der Waals surface area contributed by atoms with Crippen LogP contribution in [0.4, 0.5) is 10.5 Å². The average molecular weight is 382 g/mol. The minimum absolute atomic E-state index is 0.0570. The van der Waals surface area contributed by atoms with Crippen LogP contribution in [0.3, 0.4) is 0 Å². The third kappa shape index (κ3) is 3.66. The van der Waals surface area contributed by atoms with Gasteiger partial charge in [0.15, 0.2) is 11.5 Å². The van der Waals surface area contributed by atoms with Gasteiger partial charge in [0.1, 0.15) is 11.3 Å². The number of phenols is 1. The quantitative estimate of drug-likeness (QED) is 0.608. The van der Waals surface area contributed by atoms with Crippen LogP contribution in [0.2, 0.25) is 0 Å². The summed E-state index contributed by atoms with van der Waals surface area (Å²) in [6.45, 7) is 2.10. The average Bonchev–Trinajstić information content (AvgIpc) is 2.68. The molecule has 2 N–H and O–H groups in total. The Hall–Kier alpha value is -3.81. The molecule has 3 rings (SSSR count). The molecule has 0 saturated carbocycles. The minimum Gasteiger partial charge on any atom is -0.504 e. The third-order valence-electron chi connectivity index (χ3n) is 4.03. The maximum atomic E-state index is 12.8. The van der Waals surface area contributed by atoms with E-state index in [1.54, 1.807) is 19.1 Å². The van der Waals surface area contributed by atoms with Gasteiger partial charge in [0.05, 0.1) is 19.4 Å². The fourth-order valence-electron chi connectivity index (χ4n) is 2.68. The van der Waals surface area contributed by atoms with E-state index in [9.17, 15) is 19.5 Å². The van der Waals surface area contributed by atoms with Crippen LogP contribution in [-0.4, -0.2) is 36.7 Å². The van der Waals surface area contributed by atoms with Gasteiger partial charge in [-0.25, -0.2) is 9.69 Å². The number of barbiturate groups is 1. The molecule has 0 spiro atoms. The summed E-state index contributed by atoms with van der Waals surface area (Å²) in [5.74, 6) is -0.828. The zero-order valence-electron chi connectivity index (χ0n) is 15.3. The lowest BCUT2D eigenvalue weighted by Crippen LogP contribution is -2.54. The molecule has 0 radical (unpaired) electrons. The molecule has 0 atom stereocenters. The lowest BCUT2D eigenvalue weighted by atomic mass is 10.1. The molecule has 2 aromatic rings. The van der Waals surface area contributed by atoms with Crippen LogP contribution in [0.25, 0.3) is 6.08 Å². The van der Waals surface area contributed by atoms with Crippen molar-refractivity contribution in [3.8, 4) is 17.2 Å². The number of carbonyl (C=O) groups is 3. The van der Waals surface area contributed by atoms with E-state index in [1.165, 1.54) is 43.5 Å². The van der Waals surface area contributed by atoms with E-state index in [2.05, 4.69) is 5.32 Å². The number of benzene rings is 2. The number of imide groups is 2. The molecule has 1 heterocycles. The number of nitrogens with one attached hydrogen (secondary N) is 1. The smallest absolute Gasteiger partial charge is 0.335 e. The molecular formula is C20H18N2O6. The molecule has 1 aliphatic heterocycles. The van der Waals surface area contributed by atoms with E-state index >= 15 is 0 Å². The molecule has 1 saturated heterocycles. The van der Waals surface area contributed by atoms with Crippen molar-refractivity contribution < 1.29 is 29.0 Å². The number of rotatable bonds is 5. The maximum absolute atomic E-state index is 12.8. The second kappa shape index (κ2) is 7.83. The van der Waals surface area contributed by atoms with Gasteiger partial charge in [-0.3, -0.25) is 14.9 Å². The van der Waals surface area contributed by atoms with Gasteiger partial charge in [-0.2, -0.15) is 0 Å². The van der Waals surface area contributed by atoms with Gasteiger partial charge < -0.3 is 14.6 Å². The number of aromatic hydroxyl groups is 1. The molecule has 1 fully saturated rings. The van der Waals surface area contributed by atoms with Crippen molar-refractivity contribution in [3.05, 3.63) is 53.6 Å². The fraction of sp³-hybridized carbons (Fsp3) is 0.150. The fourth-order valence-corrected chi connectivity index (χ4v) is 2.68. The molecule has 4 amide bonds. The van der Waals surface area contributed by atoms with Crippen molar-refractivity contribution in [1.82, 2.24) is 5.32 Å². The number of nitrogens with zero attached hydrogens (tertiary/aromatic N) is 1. The molecule has 1 aliphatic rings. The van der Waals surface area contributed by atoms with Crippen LogP contribution >= 0.6 is 0 Å². The maximum Gasteiger partial charge on any atom is 0.335 e. The Balaban J connectivity index is 1.97. The summed E-state index contributed by atoms with van der Waals surface area (Å²) in [6, 6.07) is 9.87. The number of ether oxygens (including phenoxy) is 2. The van der Waals surface area contributed by atoms with Crippen molar-refractivity contribution in [3.63, 3.8) is 0 Å². The number of hydrogen-bond acceptors (Lipinski definition) is 6. The highest BCUT2D eigenvalue weighted by Crippen LogP contribution is 2.29. The Kier molecular flexibility index (Phi) is 5.30. The first kappa shape index (κ1) is 19.0. The van der Waals surface area contributed by atoms with Gasteiger partial charge in [0.2, 0.25) is 0 Å². The molecule has 2 aromatic carbocycles. The van der Waals surface area contributed by atoms with Crippen molar-refractivity contribution in [2.24, 2.45) is 0 Å². The summed E-state index contributed by atoms with van der Waals surface area (Å²) in [5, 5.41) is 11.9. The zero-order valence-corrected chi connectivity index (χ0v) is 15.3. The summed E-state index contributed by atoms with van der Waals surface area (Å²) in [7, 11) is 1.50. The number of hydrogen-bond donors (Lipinski definition) is 2. The number of urea groups is 1. The molecule has 0 unspecified atom stereocenters. The first-order valence-electron chi connectivity index (χ1n) is 8.46. The molecule has 8 heteroatoms. The van der Waals surface area contributed by atoms with Crippen LogP contribution < -0.4 is 19.7 Å². The van der Waals surface area contributed by atoms with E-state index in [0.717, 1.165) is 4.90 Å². The number of methoxy groups -OCH3 is 1. The molecule has 8 nitrogen and oxygen atoms in total. The number of amides is 4. The summed E-state index contributed by atoms with van der Waals surface area (Å²) < 4.78 is 10.4. The van der Waals surface area contributed by atoms with Crippen LogP contribution in [0.1, 0.15) is 12.5 Å².